The molecule has 1 aromatic rings. The van der Waals surface area contributed by atoms with Gasteiger partial charge in [0.2, 0.25) is 17.7 Å². The molecule has 1 heterocycles. The van der Waals surface area contributed by atoms with Crippen LogP contribution in [0, 0.1) is 18.8 Å². The summed E-state index contributed by atoms with van der Waals surface area (Å²) in [5, 5.41) is 2.78. The van der Waals surface area contributed by atoms with Crippen molar-refractivity contribution >= 4 is 23.4 Å². The third kappa shape index (κ3) is 3.04. The summed E-state index contributed by atoms with van der Waals surface area (Å²) >= 11 is 0. The summed E-state index contributed by atoms with van der Waals surface area (Å²) in [4.78, 5) is 39.0. The highest BCUT2D eigenvalue weighted by Crippen LogP contribution is 2.36. The number of likely N-dealkylation sites (tertiary alicyclic amines) is 1. The standard InChI is InChI=1S/C19H22N2O4/c1-11-8-9-16(25-3)15(10-11)20-17(22)12(2)21-18(23)13-6-4-5-7-14(13)19(21)24/h4-5,8-10,12-14H,6-7H2,1-3H3,(H,20,22)/t12-,13+,14+/m0/s1. The highest BCUT2D eigenvalue weighted by molar-refractivity contribution is 6.10. The first-order chi connectivity index (χ1) is 11.9. The number of imide groups is 1. The topological polar surface area (TPSA) is 75.7 Å². The number of anilines is 1. The van der Waals surface area contributed by atoms with Crippen LogP contribution in [-0.4, -0.2) is 35.8 Å². The van der Waals surface area contributed by atoms with Gasteiger partial charge in [-0.05, 0) is 44.4 Å². The summed E-state index contributed by atoms with van der Waals surface area (Å²) in [7, 11) is 1.52. The summed E-state index contributed by atoms with van der Waals surface area (Å²) in [5.41, 5.74) is 1.49. The van der Waals surface area contributed by atoms with Crippen LogP contribution in [0.15, 0.2) is 30.4 Å². The summed E-state index contributed by atoms with van der Waals surface area (Å²) in [6.07, 6.45) is 4.98. The van der Waals surface area contributed by atoms with E-state index in [0.29, 0.717) is 24.3 Å². The van der Waals surface area contributed by atoms with E-state index in [4.69, 9.17) is 4.74 Å². The number of ether oxygens (including phenoxy) is 1. The van der Waals surface area contributed by atoms with Gasteiger partial charge in [0.15, 0.2) is 0 Å². The SMILES string of the molecule is COc1ccc(C)cc1NC(=O)[C@H](C)N1C(=O)[C@@H]2CC=CC[C@H]2C1=O. The molecule has 3 rings (SSSR count). The van der Waals surface area contributed by atoms with Gasteiger partial charge in [0, 0.05) is 0 Å². The van der Waals surface area contributed by atoms with Gasteiger partial charge < -0.3 is 10.1 Å². The zero-order chi connectivity index (χ0) is 18.1. The molecule has 3 atom stereocenters. The first-order valence-electron chi connectivity index (χ1n) is 8.41. The molecule has 2 aliphatic rings. The Morgan fingerprint density at radius 2 is 1.80 bits per heavy atom. The smallest absolute Gasteiger partial charge is 0.247 e. The van der Waals surface area contributed by atoms with Crippen molar-refractivity contribution < 1.29 is 19.1 Å². The number of allylic oxidation sites excluding steroid dienone is 2. The van der Waals surface area contributed by atoms with Crippen LogP contribution in [0.5, 0.6) is 5.75 Å². The molecular weight excluding hydrogens is 320 g/mol. The van der Waals surface area contributed by atoms with Crippen LogP contribution in [-0.2, 0) is 14.4 Å². The predicted molar refractivity (Wildman–Crippen MR) is 93.0 cm³/mol. The highest BCUT2D eigenvalue weighted by Gasteiger charge is 2.50. The molecular formula is C19H22N2O4. The lowest BCUT2D eigenvalue weighted by molar-refractivity contribution is -0.146. The van der Waals surface area contributed by atoms with E-state index in [1.54, 1.807) is 19.1 Å². The zero-order valence-electron chi connectivity index (χ0n) is 14.6. The molecule has 132 valence electrons. The van der Waals surface area contributed by atoms with Gasteiger partial charge in [-0.25, -0.2) is 0 Å². The Kier molecular flexibility index (Phi) is 4.61. The molecule has 0 aromatic heterocycles. The van der Waals surface area contributed by atoms with Gasteiger partial charge in [0.25, 0.3) is 0 Å². The van der Waals surface area contributed by atoms with Crippen molar-refractivity contribution in [2.45, 2.75) is 32.7 Å². The number of carbonyl (C=O) groups excluding carboxylic acids is 3. The number of amides is 3. The van der Waals surface area contributed by atoms with E-state index in [1.165, 1.54) is 7.11 Å². The lowest BCUT2D eigenvalue weighted by atomic mass is 9.85. The van der Waals surface area contributed by atoms with E-state index >= 15 is 0 Å². The average Bonchev–Trinajstić information content (AvgIpc) is 2.86. The van der Waals surface area contributed by atoms with Crippen LogP contribution < -0.4 is 10.1 Å². The Labute approximate surface area is 146 Å². The molecule has 3 amide bonds. The summed E-state index contributed by atoms with van der Waals surface area (Å²) in [6.45, 7) is 3.49. The normalized spacial score (nSPS) is 23.4. The predicted octanol–water partition coefficient (Wildman–Crippen LogP) is 2.28. The maximum Gasteiger partial charge on any atom is 0.247 e. The molecule has 1 saturated heterocycles. The van der Waals surface area contributed by atoms with E-state index in [1.807, 2.05) is 25.1 Å². The third-order valence-corrected chi connectivity index (χ3v) is 4.92. The molecule has 1 fully saturated rings. The fourth-order valence-corrected chi connectivity index (χ4v) is 3.48. The number of benzene rings is 1. The van der Waals surface area contributed by atoms with Crippen molar-refractivity contribution in [3.8, 4) is 5.75 Å². The molecule has 6 nitrogen and oxygen atoms in total. The number of aryl methyl sites for hydroxylation is 1. The van der Waals surface area contributed by atoms with Crippen molar-refractivity contribution in [2.24, 2.45) is 11.8 Å². The minimum Gasteiger partial charge on any atom is -0.495 e. The van der Waals surface area contributed by atoms with E-state index in [2.05, 4.69) is 5.32 Å². The maximum absolute atomic E-state index is 12.6. The minimum absolute atomic E-state index is 0.252. The number of hydrogen-bond acceptors (Lipinski definition) is 4. The lowest BCUT2D eigenvalue weighted by Crippen LogP contribution is -2.46. The molecule has 0 bridgehead atoms. The third-order valence-electron chi connectivity index (χ3n) is 4.92. The highest BCUT2D eigenvalue weighted by atomic mass is 16.5. The summed E-state index contributed by atoms with van der Waals surface area (Å²) in [5.74, 6) is -1.04. The maximum atomic E-state index is 12.6. The number of hydrogen-bond donors (Lipinski definition) is 1. The lowest BCUT2D eigenvalue weighted by Gasteiger charge is -2.23. The molecule has 1 aromatic carbocycles. The van der Waals surface area contributed by atoms with Gasteiger partial charge in [0.1, 0.15) is 11.8 Å². The van der Waals surface area contributed by atoms with Gasteiger partial charge in [-0.1, -0.05) is 18.2 Å². The fraction of sp³-hybridized carbons (Fsp3) is 0.421. The van der Waals surface area contributed by atoms with E-state index in [-0.39, 0.29) is 23.7 Å². The monoisotopic (exact) mass is 342 g/mol. The Morgan fingerprint density at radius 3 is 2.36 bits per heavy atom. The van der Waals surface area contributed by atoms with Crippen LogP contribution in [0.3, 0.4) is 0 Å². The largest absolute Gasteiger partial charge is 0.495 e. The van der Waals surface area contributed by atoms with Gasteiger partial charge in [-0.3, -0.25) is 19.3 Å². The van der Waals surface area contributed by atoms with Crippen LogP contribution in [0.25, 0.3) is 0 Å². The second-order valence-corrected chi connectivity index (χ2v) is 6.57. The Morgan fingerprint density at radius 1 is 1.20 bits per heavy atom. The van der Waals surface area contributed by atoms with Crippen molar-refractivity contribution in [3.63, 3.8) is 0 Å². The zero-order valence-corrected chi connectivity index (χ0v) is 14.6. The molecule has 1 aliphatic heterocycles. The van der Waals surface area contributed by atoms with Crippen LogP contribution >= 0.6 is 0 Å². The number of rotatable bonds is 4. The van der Waals surface area contributed by atoms with Gasteiger partial charge in [-0.15, -0.1) is 0 Å². The molecule has 0 saturated carbocycles. The minimum atomic E-state index is -0.865. The molecule has 0 unspecified atom stereocenters. The van der Waals surface area contributed by atoms with Crippen molar-refractivity contribution in [2.75, 3.05) is 12.4 Å². The van der Waals surface area contributed by atoms with Crippen LogP contribution in [0.2, 0.25) is 0 Å². The number of methoxy groups -OCH3 is 1. The van der Waals surface area contributed by atoms with Gasteiger partial charge in [-0.2, -0.15) is 0 Å². The van der Waals surface area contributed by atoms with Crippen molar-refractivity contribution in [1.29, 1.82) is 0 Å². The second-order valence-electron chi connectivity index (χ2n) is 6.57. The van der Waals surface area contributed by atoms with E-state index in [9.17, 15) is 14.4 Å². The molecule has 25 heavy (non-hydrogen) atoms. The van der Waals surface area contributed by atoms with Crippen molar-refractivity contribution in [3.05, 3.63) is 35.9 Å². The Hall–Kier alpha value is -2.63. The molecule has 6 heteroatoms. The quantitative estimate of drug-likeness (QED) is 0.673. The number of carbonyl (C=O) groups is 3. The van der Waals surface area contributed by atoms with Gasteiger partial charge >= 0.3 is 0 Å². The van der Waals surface area contributed by atoms with Crippen molar-refractivity contribution in [1.82, 2.24) is 4.90 Å². The first kappa shape index (κ1) is 17.2. The van der Waals surface area contributed by atoms with Crippen LogP contribution in [0.1, 0.15) is 25.3 Å². The Bertz CT molecular complexity index is 730. The number of nitrogens with one attached hydrogen (secondary N) is 1. The summed E-state index contributed by atoms with van der Waals surface area (Å²) in [6, 6.07) is 4.57. The van der Waals surface area contributed by atoms with Crippen LogP contribution in [0.4, 0.5) is 5.69 Å². The molecule has 1 N–H and O–H groups in total. The molecule has 0 spiro atoms. The van der Waals surface area contributed by atoms with Gasteiger partial charge in [0.05, 0.1) is 24.6 Å². The van der Waals surface area contributed by atoms with E-state index < -0.39 is 11.9 Å². The fourth-order valence-electron chi connectivity index (χ4n) is 3.48. The summed E-state index contributed by atoms with van der Waals surface area (Å²) < 4.78 is 5.26. The molecule has 0 radical (unpaired) electrons. The first-order valence-corrected chi connectivity index (χ1v) is 8.41. The second kappa shape index (κ2) is 6.70. The number of nitrogens with zero attached hydrogens (tertiary/aromatic N) is 1. The number of fused-ring (bicyclic) bond motifs is 1. The average molecular weight is 342 g/mol. The molecule has 1 aliphatic carbocycles. The van der Waals surface area contributed by atoms with E-state index in [0.717, 1.165) is 10.5 Å². The Balaban J connectivity index is 1.78.